The third-order valence-electron chi connectivity index (χ3n) is 3.94. The van der Waals surface area contributed by atoms with Crippen molar-refractivity contribution in [2.24, 2.45) is 5.92 Å². The van der Waals surface area contributed by atoms with Crippen LogP contribution in [0.15, 0.2) is 18.2 Å². The van der Waals surface area contributed by atoms with E-state index >= 15 is 0 Å². The Morgan fingerprint density at radius 2 is 2.40 bits per heavy atom. The summed E-state index contributed by atoms with van der Waals surface area (Å²) in [6, 6.07) is 7.35. The van der Waals surface area contributed by atoms with Crippen LogP contribution in [0, 0.1) is 17.2 Å². The number of carbonyl (C=O) groups excluding carboxylic acids is 1. The fourth-order valence-corrected chi connectivity index (χ4v) is 2.90. The molecular weight excluding hydrogens is 252 g/mol. The highest BCUT2D eigenvalue weighted by Gasteiger charge is 2.20. The fraction of sp³-hybridized carbons (Fsp3) is 0.375. The Kier molecular flexibility index (Phi) is 3.19. The molecule has 0 saturated carbocycles. The topological polar surface area (TPSA) is 65.9 Å². The van der Waals surface area contributed by atoms with Gasteiger partial charge in [0, 0.05) is 16.6 Å². The molecule has 3 rings (SSSR count). The summed E-state index contributed by atoms with van der Waals surface area (Å²) >= 11 is 0. The normalized spacial score (nSPS) is 17.5. The van der Waals surface area contributed by atoms with Crippen LogP contribution in [0.4, 0.5) is 0 Å². The number of nitriles is 1. The van der Waals surface area contributed by atoms with Crippen LogP contribution < -0.4 is 0 Å². The highest BCUT2D eigenvalue weighted by molar-refractivity contribution is 5.96. The van der Waals surface area contributed by atoms with Gasteiger partial charge in [0.25, 0.3) is 0 Å². The molecule has 0 radical (unpaired) electrons. The Morgan fingerprint density at radius 1 is 1.55 bits per heavy atom. The van der Waals surface area contributed by atoms with Gasteiger partial charge in [-0.2, -0.15) is 5.26 Å². The van der Waals surface area contributed by atoms with Crippen molar-refractivity contribution in [2.75, 3.05) is 6.61 Å². The minimum Gasteiger partial charge on any atom is -0.447 e. The van der Waals surface area contributed by atoms with E-state index in [4.69, 9.17) is 10.00 Å². The van der Waals surface area contributed by atoms with Crippen LogP contribution in [0.25, 0.3) is 10.9 Å². The largest absolute Gasteiger partial charge is 0.447 e. The highest BCUT2D eigenvalue weighted by Crippen LogP contribution is 2.32. The number of esters is 1. The Bertz CT molecular complexity index is 709. The Labute approximate surface area is 117 Å². The van der Waals surface area contributed by atoms with Crippen LogP contribution in [0.5, 0.6) is 0 Å². The van der Waals surface area contributed by atoms with Crippen molar-refractivity contribution in [3.63, 3.8) is 0 Å². The monoisotopic (exact) mass is 268 g/mol. The van der Waals surface area contributed by atoms with Crippen molar-refractivity contribution in [1.82, 2.24) is 4.98 Å². The fourth-order valence-electron chi connectivity index (χ4n) is 2.90. The lowest BCUT2D eigenvalue weighted by Gasteiger charge is -2.18. The van der Waals surface area contributed by atoms with Crippen molar-refractivity contribution in [1.29, 1.82) is 5.26 Å². The minimum atomic E-state index is -0.438. The van der Waals surface area contributed by atoms with E-state index in [2.05, 4.69) is 11.9 Å². The molecule has 0 unspecified atom stereocenters. The number of carbonyl (C=O) groups is 1. The van der Waals surface area contributed by atoms with Crippen molar-refractivity contribution in [3.05, 3.63) is 35.0 Å². The van der Waals surface area contributed by atoms with Crippen molar-refractivity contribution < 1.29 is 9.53 Å². The maximum Gasteiger partial charge on any atom is 0.339 e. The molecule has 2 aromatic rings. The van der Waals surface area contributed by atoms with Gasteiger partial charge in [-0.3, -0.25) is 0 Å². The van der Waals surface area contributed by atoms with Gasteiger partial charge >= 0.3 is 5.97 Å². The molecule has 1 N–H and O–H groups in total. The zero-order valence-corrected chi connectivity index (χ0v) is 11.4. The number of benzene rings is 1. The summed E-state index contributed by atoms with van der Waals surface area (Å²) in [6.45, 7) is 2.05. The van der Waals surface area contributed by atoms with E-state index in [0.29, 0.717) is 11.5 Å². The first-order valence-corrected chi connectivity index (χ1v) is 6.86. The summed E-state index contributed by atoms with van der Waals surface area (Å²) < 4.78 is 4.86. The SMILES string of the molecule is C[C@H]1CCc2[nH]c3ccc(C(=O)OCC#N)cc3c2C1. The van der Waals surface area contributed by atoms with Crippen LogP contribution in [0.3, 0.4) is 0 Å². The standard InChI is InChI=1S/C16H16N2O2/c1-10-2-4-14-12(8-10)13-9-11(3-5-15(13)18-14)16(19)20-7-6-17/h3,5,9-10,18H,2,4,7-8H2,1H3/t10-/m0/s1. The molecule has 20 heavy (non-hydrogen) atoms. The minimum absolute atomic E-state index is 0.209. The van der Waals surface area contributed by atoms with Gasteiger partial charge in [-0.05, 0) is 48.9 Å². The van der Waals surface area contributed by atoms with Crippen molar-refractivity contribution in [3.8, 4) is 6.07 Å². The lowest BCUT2D eigenvalue weighted by Crippen LogP contribution is -2.10. The van der Waals surface area contributed by atoms with E-state index in [1.54, 1.807) is 6.07 Å². The van der Waals surface area contributed by atoms with Gasteiger partial charge in [-0.25, -0.2) is 4.79 Å². The van der Waals surface area contributed by atoms with E-state index < -0.39 is 5.97 Å². The Hall–Kier alpha value is -2.28. The number of ether oxygens (including phenoxy) is 1. The number of hydrogen-bond acceptors (Lipinski definition) is 3. The average molecular weight is 268 g/mol. The third-order valence-corrected chi connectivity index (χ3v) is 3.94. The second kappa shape index (κ2) is 5.01. The van der Waals surface area contributed by atoms with Crippen LogP contribution in [0.1, 0.15) is 35.0 Å². The smallest absolute Gasteiger partial charge is 0.339 e. The molecule has 0 fully saturated rings. The molecule has 1 heterocycles. The number of aryl methyl sites for hydroxylation is 1. The zero-order chi connectivity index (χ0) is 14.1. The molecule has 4 nitrogen and oxygen atoms in total. The van der Waals surface area contributed by atoms with E-state index in [-0.39, 0.29) is 6.61 Å². The molecule has 0 bridgehead atoms. The van der Waals surface area contributed by atoms with E-state index in [0.717, 1.165) is 23.7 Å². The van der Waals surface area contributed by atoms with Crippen molar-refractivity contribution >= 4 is 16.9 Å². The summed E-state index contributed by atoms with van der Waals surface area (Å²) in [5.74, 6) is 0.239. The first-order chi connectivity index (χ1) is 9.69. The predicted octanol–water partition coefficient (Wildman–Crippen LogP) is 2.97. The zero-order valence-electron chi connectivity index (χ0n) is 11.4. The molecular formula is C16H16N2O2. The number of hydrogen-bond donors (Lipinski definition) is 1. The summed E-state index contributed by atoms with van der Waals surface area (Å²) in [4.78, 5) is 15.3. The van der Waals surface area contributed by atoms with Crippen molar-refractivity contribution in [2.45, 2.75) is 26.2 Å². The molecule has 4 heteroatoms. The molecule has 0 aliphatic heterocycles. The maximum atomic E-state index is 11.8. The van der Waals surface area contributed by atoms with E-state index in [1.807, 2.05) is 18.2 Å². The first-order valence-electron chi connectivity index (χ1n) is 6.86. The van der Waals surface area contributed by atoms with Gasteiger partial charge < -0.3 is 9.72 Å². The molecule has 0 saturated heterocycles. The first kappa shape index (κ1) is 12.7. The van der Waals surface area contributed by atoms with Crippen LogP contribution >= 0.6 is 0 Å². The molecule has 1 aromatic carbocycles. The number of H-pyrrole nitrogens is 1. The molecule has 0 spiro atoms. The van der Waals surface area contributed by atoms with Crippen LogP contribution in [-0.2, 0) is 17.6 Å². The van der Waals surface area contributed by atoms with E-state index in [1.165, 1.54) is 17.7 Å². The number of aromatic amines is 1. The highest BCUT2D eigenvalue weighted by atomic mass is 16.5. The number of fused-ring (bicyclic) bond motifs is 3. The number of nitrogens with zero attached hydrogens (tertiary/aromatic N) is 1. The summed E-state index contributed by atoms with van der Waals surface area (Å²) in [7, 11) is 0. The molecule has 1 aromatic heterocycles. The van der Waals surface area contributed by atoms with Crippen LogP contribution in [0.2, 0.25) is 0 Å². The predicted molar refractivity (Wildman–Crippen MR) is 75.4 cm³/mol. The second-order valence-electron chi connectivity index (χ2n) is 5.42. The summed E-state index contributed by atoms with van der Waals surface area (Å²) in [6.07, 6.45) is 3.32. The molecule has 1 aliphatic rings. The van der Waals surface area contributed by atoms with Gasteiger partial charge in [-0.15, -0.1) is 0 Å². The van der Waals surface area contributed by atoms with Gasteiger partial charge in [0.05, 0.1) is 5.56 Å². The number of nitrogens with one attached hydrogen (secondary N) is 1. The molecule has 1 aliphatic carbocycles. The Balaban J connectivity index is 2.00. The Morgan fingerprint density at radius 3 is 3.20 bits per heavy atom. The van der Waals surface area contributed by atoms with Gasteiger partial charge in [0.2, 0.25) is 0 Å². The maximum absolute atomic E-state index is 11.8. The molecule has 102 valence electrons. The summed E-state index contributed by atoms with van der Waals surface area (Å²) in [5.41, 5.74) is 4.20. The summed E-state index contributed by atoms with van der Waals surface area (Å²) in [5, 5.41) is 9.56. The lowest BCUT2D eigenvalue weighted by molar-refractivity contribution is 0.0555. The van der Waals surface area contributed by atoms with Gasteiger partial charge in [0.15, 0.2) is 6.61 Å². The third kappa shape index (κ3) is 2.16. The second-order valence-corrected chi connectivity index (χ2v) is 5.42. The van der Waals surface area contributed by atoms with Gasteiger partial charge in [-0.1, -0.05) is 6.92 Å². The lowest BCUT2D eigenvalue weighted by atomic mass is 9.87. The molecule has 1 atom stereocenters. The molecule has 0 amide bonds. The van der Waals surface area contributed by atoms with E-state index in [9.17, 15) is 4.79 Å². The average Bonchev–Trinajstić information content (AvgIpc) is 2.82. The number of aromatic nitrogens is 1. The quantitative estimate of drug-likeness (QED) is 0.851. The van der Waals surface area contributed by atoms with Crippen LogP contribution in [-0.4, -0.2) is 17.6 Å². The number of rotatable bonds is 2. The van der Waals surface area contributed by atoms with Gasteiger partial charge in [0.1, 0.15) is 6.07 Å².